The van der Waals surface area contributed by atoms with Gasteiger partial charge in [0.15, 0.2) is 0 Å². The summed E-state index contributed by atoms with van der Waals surface area (Å²) in [6, 6.07) is 14.4. The van der Waals surface area contributed by atoms with Gasteiger partial charge in [-0.15, -0.1) is 0 Å². The summed E-state index contributed by atoms with van der Waals surface area (Å²) < 4.78 is 0. The Bertz CT molecular complexity index is 869. The third-order valence-corrected chi connectivity index (χ3v) is 7.60. The first-order valence-electron chi connectivity index (χ1n) is 10.0. The minimum Gasteiger partial charge on any atom is -0.508 e. The van der Waals surface area contributed by atoms with Crippen molar-refractivity contribution in [2.45, 2.75) is 51.4 Å². The van der Waals surface area contributed by atoms with E-state index in [1.807, 2.05) is 18.2 Å². The molecule has 2 aromatic rings. The monoisotopic (exact) mass is 346 g/mol. The van der Waals surface area contributed by atoms with E-state index in [0.29, 0.717) is 29.3 Å². The molecule has 134 valence electrons. The van der Waals surface area contributed by atoms with E-state index in [4.69, 9.17) is 0 Å². The third kappa shape index (κ3) is 2.21. The fraction of sp³-hybridized carbons (Fsp3) is 0.458. The second kappa shape index (κ2) is 5.70. The molecule has 2 nitrogen and oxygen atoms in total. The van der Waals surface area contributed by atoms with Crippen molar-refractivity contribution in [3.8, 4) is 16.9 Å². The molecule has 0 heterocycles. The van der Waals surface area contributed by atoms with Gasteiger partial charge < -0.3 is 5.11 Å². The summed E-state index contributed by atoms with van der Waals surface area (Å²) in [5, 5.41) is 10.3. The number of carbonyl (C=O) groups is 1. The van der Waals surface area contributed by atoms with E-state index in [0.717, 1.165) is 38.5 Å². The molecule has 0 unspecified atom stereocenters. The van der Waals surface area contributed by atoms with Gasteiger partial charge in [-0.1, -0.05) is 37.3 Å². The second-order valence-electron chi connectivity index (χ2n) is 8.77. The van der Waals surface area contributed by atoms with Crippen molar-refractivity contribution in [1.82, 2.24) is 0 Å². The van der Waals surface area contributed by atoms with E-state index >= 15 is 0 Å². The molecule has 0 aliphatic heterocycles. The van der Waals surface area contributed by atoms with Gasteiger partial charge in [0.05, 0.1) is 0 Å². The van der Waals surface area contributed by atoms with Crippen molar-refractivity contribution in [1.29, 1.82) is 0 Å². The highest BCUT2D eigenvalue weighted by Gasteiger charge is 2.54. The number of carbonyl (C=O) groups excluding carboxylic acids is 1. The highest BCUT2D eigenvalue weighted by molar-refractivity contribution is 5.87. The van der Waals surface area contributed by atoms with Crippen LogP contribution >= 0.6 is 0 Å². The predicted octanol–water partition coefficient (Wildman–Crippen LogP) is 5.48. The number of hydrogen-bond donors (Lipinski definition) is 1. The first-order chi connectivity index (χ1) is 12.6. The van der Waals surface area contributed by atoms with Gasteiger partial charge in [-0.2, -0.15) is 0 Å². The third-order valence-electron chi connectivity index (χ3n) is 7.60. The molecule has 26 heavy (non-hydrogen) atoms. The Hall–Kier alpha value is -2.09. The molecule has 0 spiro atoms. The van der Waals surface area contributed by atoms with Crippen LogP contribution in [0.1, 0.15) is 56.1 Å². The average Bonchev–Trinajstić information content (AvgIpc) is 2.96. The number of fused-ring (bicyclic) bond motifs is 5. The topological polar surface area (TPSA) is 37.3 Å². The van der Waals surface area contributed by atoms with Gasteiger partial charge in [-0.05, 0) is 84.2 Å². The van der Waals surface area contributed by atoms with Gasteiger partial charge in [0.25, 0.3) is 0 Å². The van der Waals surface area contributed by atoms with Crippen LogP contribution in [0.2, 0.25) is 0 Å². The van der Waals surface area contributed by atoms with E-state index < -0.39 is 0 Å². The van der Waals surface area contributed by atoms with Crippen molar-refractivity contribution < 1.29 is 9.90 Å². The molecule has 5 rings (SSSR count). The molecule has 2 saturated carbocycles. The molecule has 2 aromatic carbocycles. The van der Waals surface area contributed by atoms with E-state index in [1.54, 1.807) is 0 Å². The van der Waals surface area contributed by atoms with Gasteiger partial charge in [0.2, 0.25) is 0 Å². The SMILES string of the molecule is C[C@]12CC[C@@H]3c4c(cc(O)cc4-c4ccccc4)CC[C@H]3[C@@H]1CCC2=O. The molecule has 2 heteroatoms. The van der Waals surface area contributed by atoms with Crippen LogP contribution in [0.3, 0.4) is 0 Å². The van der Waals surface area contributed by atoms with E-state index in [2.05, 4.69) is 31.2 Å². The Balaban J connectivity index is 1.64. The fourth-order valence-corrected chi connectivity index (χ4v) is 6.34. The average molecular weight is 346 g/mol. The molecule has 0 saturated heterocycles. The number of Topliss-reactive ketones (excluding diaryl/α,β-unsaturated/α-hetero) is 1. The van der Waals surface area contributed by atoms with E-state index in [-0.39, 0.29) is 5.41 Å². The first kappa shape index (κ1) is 16.1. The van der Waals surface area contributed by atoms with Gasteiger partial charge in [-0.3, -0.25) is 4.79 Å². The zero-order valence-electron chi connectivity index (χ0n) is 15.4. The molecule has 4 atom stereocenters. The summed E-state index contributed by atoms with van der Waals surface area (Å²) in [6.07, 6.45) is 6.14. The molecule has 3 aliphatic carbocycles. The lowest BCUT2D eigenvalue weighted by molar-refractivity contribution is -0.129. The van der Waals surface area contributed by atoms with Crippen LogP contribution in [-0.2, 0) is 11.2 Å². The second-order valence-corrected chi connectivity index (χ2v) is 8.77. The summed E-state index contributed by atoms with van der Waals surface area (Å²) >= 11 is 0. The number of hydrogen-bond acceptors (Lipinski definition) is 2. The normalized spacial score (nSPS) is 32.7. The predicted molar refractivity (Wildman–Crippen MR) is 103 cm³/mol. The minimum atomic E-state index is -0.0809. The number of benzene rings is 2. The first-order valence-corrected chi connectivity index (χ1v) is 10.0. The van der Waals surface area contributed by atoms with Crippen LogP contribution in [0.4, 0.5) is 0 Å². The summed E-state index contributed by atoms with van der Waals surface area (Å²) in [6.45, 7) is 2.23. The molecular weight excluding hydrogens is 320 g/mol. The van der Waals surface area contributed by atoms with Gasteiger partial charge in [0, 0.05) is 11.8 Å². The summed E-state index contributed by atoms with van der Waals surface area (Å²) in [5.41, 5.74) is 5.08. The number of phenols is 1. The van der Waals surface area contributed by atoms with Gasteiger partial charge in [0.1, 0.15) is 11.5 Å². The van der Waals surface area contributed by atoms with Crippen LogP contribution < -0.4 is 0 Å². The van der Waals surface area contributed by atoms with Crippen molar-refractivity contribution in [3.05, 3.63) is 53.6 Å². The van der Waals surface area contributed by atoms with Crippen molar-refractivity contribution in [3.63, 3.8) is 0 Å². The molecular formula is C24H26O2. The Morgan fingerprint density at radius 2 is 1.85 bits per heavy atom. The number of aryl methyl sites for hydroxylation is 1. The highest BCUT2D eigenvalue weighted by atomic mass is 16.3. The molecule has 2 fully saturated rings. The van der Waals surface area contributed by atoms with Crippen LogP contribution in [0.25, 0.3) is 11.1 Å². The van der Waals surface area contributed by atoms with E-state index in [9.17, 15) is 9.90 Å². The summed E-state index contributed by atoms with van der Waals surface area (Å²) in [4.78, 5) is 12.6. The molecule has 0 amide bonds. The molecule has 0 radical (unpaired) electrons. The maximum Gasteiger partial charge on any atom is 0.139 e. The van der Waals surface area contributed by atoms with Crippen molar-refractivity contribution in [2.24, 2.45) is 17.3 Å². The minimum absolute atomic E-state index is 0.0809. The number of ketones is 1. The lowest BCUT2D eigenvalue weighted by atomic mass is 9.55. The lowest BCUT2D eigenvalue weighted by Crippen LogP contribution is -2.42. The molecule has 0 bridgehead atoms. The molecule has 0 aromatic heterocycles. The standard InChI is InChI=1S/C24H26O2/c1-24-12-11-19-18(21(24)9-10-22(24)26)8-7-16-13-17(25)14-20(23(16)19)15-5-3-2-4-6-15/h2-6,13-14,18-19,21,25H,7-12H2,1H3/t18-,19+,21+,24+/m1/s1. The quantitative estimate of drug-likeness (QED) is 0.742. The Kier molecular flexibility index (Phi) is 3.53. The van der Waals surface area contributed by atoms with Gasteiger partial charge >= 0.3 is 0 Å². The van der Waals surface area contributed by atoms with Crippen LogP contribution in [0.5, 0.6) is 5.75 Å². The Morgan fingerprint density at radius 3 is 2.65 bits per heavy atom. The molecule has 3 aliphatic rings. The smallest absolute Gasteiger partial charge is 0.139 e. The Labute approximate surface area is 155 Å². The summed E-state index contributed by atoms with van der Waals surface area (Å²) in [5.74, 6) is 2.55. The summed E-state index contributed by atoms with van der Waals surface area (Å²) in [7, 11) is 0. The van der Waals surface area contributed by atoms with Crippen LogP contribution in [0.15, 0.2) is 42.5 Å². The maximum absolute atomic E-state index is 12.6. The largest absolute Gasteiger partial charge is 0.508 e. The van der Waals surface area contributed by atoms with Crippen LogP contribution in [0, 0.1) is 17.3 Å². The van der Waals surface area contributed by atoms with Crippen LogP contribution in [-0.4, -0.2) is 10.9 Å². The zero-order valence-corrected chi connectivity index (χ0v) is 15.4. The zero-order chi connectivity index (χ0) is 17.9. The van der Waals surface area contributed by atoms with Crippen molar-refractivity contribution in [2.75, 3.05) is 0 Å². The number of rotatable bonds is 1. The fourth-order valence-electron chi connectivity index (χ4n) is 6.34. The number of aromatic hydroxyl groups is 1. The van der Waals surface area contributed by atoms with Crippen molar-refractivity contribution >= 4 is 5.78 Å². The van der Waals surface area contributed by atoms with E-state index in [1.165, 1.54) is 22.3 Å². The maximum atomic E-state index is 12.6. The number of phenolic OH excluding ortho intramolecular Hbond substituents is 1. The van der Waals surface area contributed by atoms with Gasteiger partial charge in [-0.25, -0.2) is 0 Å². The lowest BCUT2D eigenvalue weighted by Gasteiger charge is -2.48. The molecule has 1 N–H and O–H groups in total. The Morgan fingerprint density at radius 1 is 1.04 bits per heavy atom. The highest BCUT2D eigenvalue weighted by Crippen LogP contribution is 2.60.